The van der Waals surface area contributed by atoms with Gasteiger partial charge in [0, 0.05) is 28.5 Å². The number of nitrogens with one attached hydrogen (secondary N) is 1. The first-order valence-corrected chi connectivity index (χ1v) is 7.08. The fourth-order valence-corrected chi connectivity index (χ4v) is 2.74. The number of hydrogen-bond donors (Lipinski definition) is 1. The summed E-state index contributed by atoms with van der Waals surface area (Å²) in [5, 5.41) is 3.33. The highest BCUT2D eigenvalue weighted by atomic mass is 79.9. The van der Waals surface area contributed by atoms with E-state index < -0.39 is 0 Å². The van der Waals surface area contributed by atoms with Crippen LogP contribution in [0.1, 0.15) is 24.1 Å². The molecule has 0 bridgehead atoms. The molecule has 1 heterocycles. The van der Waals surface area contributed by atoms with Gasteiger partial charge in [-0.25, -0.2) is 4.39 Å². The van der Waals surface area contributed by atoms with Crippen LogP contribution in [0.5, 0.6) is 0 Å². The van der Waals surface area contributed by atoms with E-state index in [4.69, 9.17) is 0 Å². The van der Waals surface area contributed by atoms with E-state index in [0.29, 0.717) is 12.0 Å². The van der Waals surface area contributed by atoms with Crippen molar-refractivity contribution in [3.05, 3.63) is 64.1 Å². The monoisotopic (exact) mass is 322 g/mol. The van der Waals surface area contributed by atoms with Gasteiger partial charge in [-0.15, -0.1) is 0 Å². The molecule has 0 radical (unpaired) electrons. The number of likely N-dealkylation sites (N-methyl/N-ethyl adjacent to an activating group) is 1. The lowest BCUT2D eigenvalue weighted by molar-refractivity contribution is 0.507. The Kier molecular flexibility index (Phi) is 5.05. The van der Waals surface area contributed by atoms with Gasteiger partial charge in [0.25, 0.3) is 0 Å². The SMILES string of the molecule is CCNC(Cc1cccnc1)c1c(F)cccc1Br. The van der Waals surface area contributed by atoms with E-state index in [1.165, 1.54) is 6.07 Å². The molecule has 0 aliphatic carbocycles. The van der Waals surface area contributed by atoms with E-state index in [0.717, 1.165) is 16.6 Å². The van der Waals surface area contributed by atoms with Crippen molar-refractivity contribution in [3.8, 4) is 0 Å². The summed E-state index contributed by atoms with van der Waals surface area (Å²) in [4.78, 5) is 4.10. The van der Waals surface area contributed by atoms with Crippen LogP contribution in [0, 0.1) is 5.82 Å². The molecule has 19 heavy (non-hydrogen) atoms. The number of pyridine rings is 1. The second-order valence-electron chi connectivity index (χ2n) is 4.31. The Balaban J connectivity index is 2.30. The predicted molar refractivity (Wildman–Crippen MR) is 78.5 cm³/mol. The van der Waals surface area contributed by atoms with Crippen LogP contribution in [0.3, 0.4) is 0 Å². The highest BCUT2D eigenvalue weighted by Crippen LogP contribution is 2.28. The molecule has 1 aromatic carbocycles. The summed E-state index contributed by atoms with van der Waals surface area (Å²) in [5.74, 6) is -0.191. The van der Waals surface area contributed by atoms with E-state index in [9.17, 15) is 4.39 Å². The third-order valence-corrected chi connectivity index (χ3v) is 3.65. The van der Waals surface area contributed by atoms with Crippen LogP contribution in [0.25, 0.3) is 0 Å². The zero-order valence-electron chi connectivity index (χ0n) is 10.7. The third kappa shape index (κ3) is 3.61. The minimum atomic E-state index is -0.191. The summed E-state index contributed by atoms with van der Waals surface area (Å²) in [6.45, 7) is 2.80. The summed E-state index contributed by atoms with van der Waals surface area (Å²) < 4.78 is 14.8. The topological polar surface area (TPSA) is 24.9 Å². The third-order valence-electron chi connectivity index (χ3n) is 2.96. The summed E-state index contributed by atoms with van der Waals surface area (Å²) in [5.41, 5.74) is 1.76. The predicted octanol–water partition coefficient (Wildman–Crippen LogP) is 3.88. The van der Waals surface area contributed by atoms with E-state index >= 15 is 0 Å². The van der Waals surface area contributed by atoms with Gasteiger partial charge in [0.1, 0.15) is 5.82 Å². The minimum Gasteiger partial charge on any atom is -0.310 e. The van der Waals surface area contributed by atoms with E-state index in [1.807, 2.05) is 31.3 Å². The lowest BCUT2D eigenvalue weighted by Gasteiger charge is -2.20. The fourth-order valence-electron chi connectivity index (χ4n) is 2.12. The first-order chi connectivity index (χ1) is 9.22. The Hall–Kier alpha value is -1.26. The highest BCUT2D eigenvalue weighted by molar-refractivity contribution is 9.10. The van der Waals surface area contributed by atoms with Crippen molar-refractivity contribution < 1.29 is 4.39 Å². The molecule has 0 spiro atoms. The van der Waals surface area contributed by atoms with Gasteiger partial charge in [-0.05, 0) is 36.7 Å². The zero-order chi connectivity index (χ0) is 13.7. The van der Waals surface area contributed by atoms with Crippen LogP contribution < -0.4 is 5.32 Å². The molecule has 1 unspecified atom stereocenters. The molecule has 0 saturated heterocycles. The normalized spacial score (nSPS) is 12.4. The van der Waals surface area contributed by atoms with Crippen LogP contribution in [0.15, 0.2) is 47.2 Å². The minimum absolute atomic E-state index is 0.0650. The van der Waals surface area contributed by atoms with Gasteiger partial charge >= 0.3 is 0 Å². The first kappa shape index (κ1) is 14.2. The Labute approximate surface area is 121 Å². The first-order valence-electron chi connectivity index (χ1n) is 6.28. The van der Waals surface area contributed by atoms with E-state index in [1.54, 1.807) is 12.3 Å². The Morgan fingerprint density at radius 2 is 2.16 bits per heavy atom. The van der Waals surface area contributed by atoms with Gasteiger partial charge in [0.05, 0.1) is 0 Å². The van der Waals surface area contributed by atoms with Gasteiger partial charge in [-0.2, -0.15) is 0 Å². The molecule has 1 aromatic heterocycles. The second kappa shape index (κ2) is 6.78. The molecule has 0 fully saturated rings. The average molecular weight is 323 g/mol. The largest absolute Gasteiger partial charge is 0.310 e. The number of hydrogen-bond acceptors (Lipinski definition) is 2. The molecule has 0 saturated carbocycles. The molecular formula is C15H16BrFN2. The van der Waals surface area contributed by atoms with Gasteiger partial charge in [-0.3, -0.25) is 4.98 Å². The molecule has 2 nitrogen and oxygen atoms in total. The molecule has 2 rings (SSSR count). The van der Waals surface area contributed by atoms with Crippen molar-refractivity contribution >= 4 is 15.9 Å². The number of aromatic nitrogens is 1. The molecule has 0 amide bonds. The Bertz CT molecular complexity index is 511. The maximum absolute atomic E-state index is 14.0. The van der Waals surface area contributed by atoms with Gasteiger partial charge < -0.3 is 5.32 Å². The fraction of sp³-hybridized carbons (Fsp3) is 0.267. The smallest absolute Gasteiger partial charge is 0.129 e. The summed E-state index contributed by atoms with van der Waals surface area (Å²) in [7, 11) is 0. The van der Waals surface area contributed by atoms with Crippen LogP contribution in [0.2, 0.25) is 0 Å². The maximum atomic E-state index is 14.0. The number of rotatable bonds is 5. The van der Waals surface area contributed by atoms with Crippen molar-refractivity contribution in [2.24, 2.45) is 0 Å². The lowest BCUT2D eigenvalue weighted by atomic mass is 9.99. The Morgan fingerprint density at radius 3 is 2.79 bits per heavy atom. The van der Waals surface area contributed by atoms with Crippen molar-refractivity contribution in [2.45, 2.75) is 19.4 Å². The maximum Gasteiger partial charge on any atom is 0.129 e. The lowest BCUT2D eigenvalue weighted by Crippen LogP contribution is -2.24. The van der Waals surface area contributed by atoms with Crippen molar-refractivity contribution in [2.75, 3.05) is 6.54 Å². The standard InChI is InChI=1S/C15H16BrFN2/c1-2-19-14(9-11-5-4-8-18-10-11)15-12(16)6-3-7-13(15)17/h3-8,10,14,19H,2,9H2,1H3. The van der Waals surface area contributed by atoms with Crippen molar-refractivity contribution in [3.63, 3.8) is 0 Å². The van der Waals surface area contributed by atoms with Crippen LogP contribution in [0.4, 0.5) is 4.39 Å². The molecule has 1 N–H and O–H groups in total. The summed E-state index contributed by atoms with van der Waals surface area (Å²) >= 11 is 3.44. The van der Waals surface area contributed by atoms with Crippen LogP contribution in [-0.2, 0) is 6.42 Å². The van der Waals surface area contributed by atoms with E-state index in [-0.39, 0.29) is 11.9 Å². The van der Waals surface area contributed by atoms with Crippen LogP contribution >= 0.6 is 15.9 Å². The van der Waals surface area contributed by atoms with Gasteiger partial charge in [0.15, 0.2) is 0 Å². The Morgan fingerprint density at radius 1 is 1.32 bits per heavy atom. The molecule has 0 aliphatic heterocycles. The van der Waals surface area contributed by atoms with Crippen LogP contribution in [-0.4, -0.2) is 11.5 Å². The molecular weight excluding hydrogens is 307 g/mol. The molecule has 0 aliphatic rings. The molecule has 1 atom stereocenters. The number of halogens is 2. The zero-order valence-corrected chi connectivity index (χ0v) is 12.3. The van der Waals surface area contributed by atoms with Gasteiger partial charge in [0.2, 0.25) is 0 Å². The van der Waals surface area contributed by atoms with Gasteiger partial charge in [-0.1, -0.05) is 35.0 Å². The molecule has 4 heteroatoms. The quantitative estimate of drug-likeness (QED) is 0.903. The summed E-state index contributed by atoms with van der Waals surface area (Å²) in [6.07, 6.45) is 4.27. The molecule has 2 aromatic rings. The van der Waals surface area contributed by atoms with E-state index in [2.05, 4.69) is 26.2 Å². The van der Waals surface area contributed by atoms with Crippen molar-refractivity contribution in [1.29, 1.82) is 0 Å². The number of benzene rings is 1. The highest BCUT2D eigenvalue weighted by Gasteiger charge is 2.18. The molecule has 100 valence electrons. The second-order valence-corrected chi connectivity index (χ2v) is 5.17. The summed E-state index contributed by atoms with van der Waals surface area (Å²) in [6, 6.07) is 8.90. The number of nitrogens with zero attached hydrogens (tertiary/aromatic N) is 1. The van der Waals surface area contributed by atoms with Crippen molar-refractivity contribution in [1.82, 2.24) is 10.3 Å². The average Bonchev–Trinajstić information content (AvgIpc) is 2.40.